The highest BCUT2D eigenvalue weighted by molar-refractivity contribution is 6.07. The zero-order valence-corrected chi connectivity index (χ0v) is 10.4. The second kappa shape index (κ2) is 5.45. The van der Waals surface area contributed by atoms with E-state index in [1.165, 1.54) is 11.8 Å². The second-order valence-corrected chi connectivity index (χ2v) is 4.25. The van der Waals surface area contributed by atoms with Gasteiger partial charge in [0.25, 0.3) is 0 Å². The molecule has 0 radical (unpaired) electrons. The lowest BCUT2D eigenvalue weighted by Gasteiger charge is -2.03. The number of carbonyl (C=O) groups is 1. The first kappa shape index (κ1) is 12.3. The maximum Gasteiger partial charge on any atom is 0.211 e. The van der Waals surface area contributed by atoms with Crippen molar-refractivity contribution in [3.63, 3.8) is 0 Å². The van der Waals surface area contributed by atoms with E-state index in [1.807, 2.05) is 24.3 Å². The quantitative estimate of drug-likeness (QED) is 0.836. The third-order valence-corrected chi connectivity index (χ3v) is 2.77. The lowest BCUT2D eigenvalue weighted by atomic mass is 10.0. The number of hydrogen-bond donors (Lipinski definition) is 1. The Bertz CT molecular complexity index is 529. The van der Waals surface area contributed by atoms with Gasteiger partial charge in [0.1, 0.15) is 5.69 Å². The van der Waals surface area contributed by atoms with Crippen LogP contribution >= 0.6 is 0 Å². The lowest BCUT2D eigenvalue weighted by molar-refractivity contribution is 0.103. The molecule has 92 valence electrons. The van der Waals surface area contributed by atoms with Gasteiger partial charge in [0.05, 0.1) is 11.9 Å². The summed E-state index contributed by atoms with van der Waals surface area (Å²) in [7, 11) is 0. The maximum absolute atomic E-state index is 12.1. The summed E-state index contributed by atoms with van der Waals surface area (Å²) in [5.74, 6) is -0.0713. The number of pyridine rings is 1. The predicted molar refractivity (Wildman–Crippen MR) is 72.5 cm³/mol. The first-order valence-electron chi connectivity index (χ1n) is 6.06. The van der Waals surface area contributed by atoms with Crippen molar-refractivity contribution in [2.75, 3.05) is 5.73 Å². The Labute approximate surface area is 107 Å². The molecule has 0 aliphatic carbocycles. The average Bonchev–Trinajstić information content (AvgIpc) is 2.40. The summed E-state index contributed by atoms with van der Waals surface area (Å²) in [6, 6.07) is 11.0. The van der Waals surface area contributed by atoms with Gasteiger partial charge in [-0.25, -0.2) is 0 Å². The average molecular weight is 240 g/mol. The standard InChI is InChI=1S/C15H16N2O/c1-2-3-11-4-6-12(7-5-11)15(18)14-9-8-13(16)10-17-14/h4-10H,2-3,16H2,1H3. The van der Waals surface area contributed by atoms with Crippen molar-refractivity contribution in [3.8, 4) is 0 Å². The van der Waals surface area contributed by atoms with Crippen molar-refractivity contribution >= 4 is 11.5 Å². The normalized spacial score (nSPS) is 10.3. The number of aryl methyl sites for hydroxylation is 1. The fourth-order valence-corrected chi connectivity index (χ4v) is 1.80. The third kappa shape index (κ3) is 2.74. The van der Waals surface area contributed by atoms with Gasteiger partial charge in [-0.05, 0) is 24.1 Å². The molecule has 3 nitrogen and oxygen atoms in total. The summed E-state index contributed by atoms with van der Waals surface area (Å²) in [5, 5.41) is 0. The van der Waals surface area contributed by atoms with Crippen LogP contribution in [0, 0.1) is 0 Å². The number of nitrogen functional groups attached to an aromatic ring is 1. The van der Waals surface area contributed by atoms with Crippen molar-refractivity contribution in [1.29, 1.82) is 0 Å². The van der Waals surface area contributed by atoms with E-state index in [0.717, 1.165) is 12.8 Å². The number of nitrogens with zero attached hydrogens (tertiary/aromatic N) is 1. The van der Waals surface area contributed by atoms with Crippen molar-refractivity contribution in [3.05, 3.63) is 59.4 Å². The molecule has 0 atom stereocenters. The lowest BCUT2D eigenvalue weighted by Crippen LogP contribution is -2.04. The first-order chi connectivity index (χ1) is 8.70. The van der Waals surface area contributed by atoms with Crippen LogP contribution in [0.25, 0.3) is 0 Å². The van der Waals surface area contributed by atoms with E-state index in [2.05, 4.69) is 11.9 Å². The van der Waals surface area contributed by atoms with E-state index in [0.29, 0.717) is 16.9 Å². The summed E-state index contributed by atoms with van der Waals surface area (Å²) in [4.78, 5) is 16.2. The van der Waals surface area contributed by atoms with Gasteiger partial charge in [-0.2, -0.15) is 0 Å². The molecule has 0 spiro atoms. The smallest absolute Gasteiger partial charge is 0.211 e. The molecule has 1 aromatic carbocycles. The van der Waals surface area contributed by atoms with Crippen LogP contribution in [-0.4, -0.2) is 10.8 Å². The van der Waals surface area contributed by atoms with Gasteiger partial charge in [-0.3, -0.25) is 9.78 Å². The molecule has 0 saturated carbocycles. The van der Waals surface area contributed by atoms with E-state index in [9.17, 15) is 4.79 Å². The number of rotatable bonds is 4. The number of benzene rings is 1. The van der Waals surface area contributed by atoms with Gasteiger partial charge in [0, 0.05) is 5.56 Å². The zero-order valence-electron chi connectivity index (χ0n) is 10.4. The summed E-state index contributed by atoms with van der Waals surface area (Å²) in [6.45, 7) is 2.14. The van der Waals surface area contributed by atoms with Gasteiger partial charge >= 0.3 is 0 Å². The van der Waals surface area contributed by atoms with Crippen LogP contribution in [0.2, 0.25) is 0 Å². The van der Waals surface area contributed by atoms with Gasteiger partial charge < -0.3 is 5.73 Å². The maximum atomic E-state index is 12.1. The predicted octanol–water partition coefficient (Wildman–Crippen LogP) is 2.85. The summed E-state index contributed by atoms with van der Waals surface area (Å²) in [6.07, 6.45) is 3.64. The number of nitrogens with two attached hydrogens (primary N) is 1. The van der Waals surface area contributed by atoms with Gasteiger partial charge in [-0.1, -0.05) is 37.6 Å². The van der Waals surface area contributed by atoms with E-state index < -0.39 is 0 Å². The molecule has 2 aromatic rings. The minimum Gasteiger partial charge on any atom is -0.397 e. The fraction of sp³-hybridized carbons (Fsp3) is 0.200. The van der Waals surface area contributed by atoms with Crippen molar-refractivity contribution in [1.82, 2.24) is 4.98 Å². The van der Waals surface area contributed by atoms with Gasteiger partial charge in [-0.15, -0.1) is 0 Å². The van der Waals surface area contributed by atoms with Crippen molar-refractivity contribution in [2.24, 2.45) is 0 Å². The zero-order chi connectivity index (χ0) is 13.0. The Hall–Kier alpha value is -2.16. The summed E-state index contributed by atoms with van der Waals surface area (Å²) >= 11 is 0. The molecule has 0 fully saturated rings. The minimum atomic E-state index is -0.0713. The molecule has 18 heavy (non-hydrogen) atoms. The number of anilines is 1. The highest BCUT2D eigenvalue weighted by Gasteiger charge is 2.09. The monoisotopic (exact) mass is 240 g/mol. The number of carbonyl (C=O) groups excluding carboxylic acids is 1. The molecule has 0 amide bonds. The topological polar surface area (TPSA) is 56.0 Å². The van der Waals surface area contributed by atoms with Crippen LogP contribution in [0.1, 0.15) is 35.0 Å². The third-order valence-electron chi connectivity index (χ3n) is 2.77. The van der Waals surface area contributed by atoms with E-state index in [-0.39, 0.29) is 5.78 Å². The molecule has 3 heteroatoms. The molecule has 2 rings (SSSR count). The fourth-order valence-electron chi connectivity index (χ4n) is 1.80. The number of aromatic nitrogens is 1. The van der Waals surface area contributed by atoms with Gasteiger partial charge in [0.15, 0.2) is 0 Å². The number of hydrogen-bond acceptors (Lipinski definition) is 3. The Kier molecular flexibility index (Phi) is 3.72. The molecule has 0 aliphatic rings. The largest absolute Gasteiger partial charge is 0.397 e. The van der Waals surface area contributed by atoms with Crippen LogP contribution in [0.15, 0.2) is 42.6 Å². The van der Waals surface area contributed by atoms with Gasteiger partial charge in [0.2, 0.25) is 5.78 Å². The Morgan fingerprint density at radius 3 is 2.44 bits per heavy atom. The summed E-state index contributed by atoms with van der Waals surface area (Å²) < 4.78 is 0. The molecule has 0 bridgehead atoms. The molecule has 1 aromatic heterocycles. The van der Waals surface area contributed by atoms with E-state index >= 15 is 0 Å². The van der Waals surface area contributed by atoms with Crippen LogP contribution in [0.5, 0.6) is 0 Å². The summed E-state index contributed by atoms with van der Waals surface area (Å²) in [5.41, 5.74) is 8.44. The molecule has 0 unspecified atom stereocenters. The van der Waals surface area contributed by atoms with E-state index in [4.69, 9.17) is 5.73 Å². The molecular weight excluding hydrogens is 224 g/mol. The van der Waals surface area contributed by atoms with Crippen LogP contribution in [0.4, 0.5) is 5.69 Å². The molecule has 0 saturated heterocycles. The van der Waals surface area contributed by atoms with Crippen LogP contribution in [-0.2, 0) is 6.42 Å². The Balaban J connectivity index is 2.20. The molecular formula is C15H16N2O. The van der Waals surface area contributed by atoms with Crippen LogP contribution < -0.4 is 5.73 Å². The first-order valence-corrected chi connectivity index (χ1v) is 6.06. The Morgan fingerprint density at radius 1 is 1.17 bits per heavy atom. The number of ketones is 1. The van der Waals surface area contributed by atoms with E-state index in [1.54, 1.807) is 12.1 Å². The van der Waals surface area contributed by atoms with Crippen molar-refractivity contribution < 1.29 is 4.79 Å². The highest BCUT2D eigenvalue weighted by Crippen LogP contribution is 2.11. The molecule has 2 N–H and O–H groups in total. The SMILES string of the molecule is CCCc1ccc(C(=O)c2ccc(N)cn2)cc1. The molecule has 0 aliphatic heterocycles. The second-order valence-electron chi connectivity index (χ2n) is 4.25. The van der Waals surface area contributed by atoms with Crippen LogP contribution in [0.3, 0.4) is 0 Å². The molecule has 1 heterocycles. The highest BCUT2D eigenvalue weighted by atomic mass is 16.1. The Morgan fingerprint density at radius 2 is 1.89 bits per heavy atom. The van der Waals surface area contributed by atoms with Crippen molar-refractivity contribution in [2.45, 2.75) is 19.8 Å². The minimum absolute atomic E-state index is 0.0713.